The van der Waals surface area contributed by atoms with E-state index in [0.717, 1.165) is 17.8 Å². The number of thiazole rings is 1. The van der Waals surface area contributed by atoms with Crippen LogP contribution in [0, 0.1) is 0 Å². The predicted molar refractivity (Wildman–Crippen MR) is 91.3 cm³/mol. The molecule has 0 saturated carbocycles. The van der Waals surface area contributed by atoms with Gasteiger partial charge in [-0.3, -0.25) is 4.68 Å². The van der Waals surface area contributed by atoms with Crippen LogP contribution in [-0.2, 0) is 6.54 Å². The minimum Gasteiger partial charge on any atom is -0.476 e. The molecule has 6 heteroatoms. The number of rotatable bonds is 5. The summed E-state index contributed by atoms with van der Waals surface area (Å²) in [5, 5.41) is 14.2. The molecule has 0 amide bonds. The first-order valence-corrected chi connectivity index (χ1v) is 8.00. The molecule has 3 rings (SSSR count). The predicted octanol–water partition coefficient (Wildman–Crippen LogP) is 3.90. The molecule has 1 N–H and O–H groups in total. The van der Waals surface area contributed by atoms with E-state index in [-0.39, 0.29) is 5.69 Å². The second-order valence-corrected chi connectivity index (χ2v) is 5.84. The zero-order valence-corrected chi connectivity index (χ0v) is 13.3. The highest BCUT2D eigenvalue weighted by atomic mass is 32.1. The molecule has 0 aliphatic rings. The number of carboxylic acids is 1. The van der Waals surface area contributed by atoms with E-state index < -0.39 is 5.97 Å². The molecule has 1 aromatic carbocycles. The Kier molecular flexibility index (Phi) is 4.34. The topological polar surface area (TPSA) is 68.0 Å². The van der Waals surface area contributed by atoms with Crippen LogP contribution in [0.15, 0.2) is 42.6 Å². The number of hydrogen-bond donors (Lipinski definition) is 1. The average Bonchev–Trinajstić information content (AvgIpc) is 3.20. The zero-order chi connectivity index (χ0) is 16.2. The van der Waals surface area contributed by atoms with Gasteiger partial charge in [0.2, 0.25) is 0 Å². The van der Waals surface area contributed by atoms with Crippen molar-refractivity contribution in [2.45, 2.75) is 13.5 Å². The summed E-state index contributed by atoms with van der Waals surface area (Å²) >= 11 is 1.37. The van der Waals surface area contributed by atoms with Crippen molar-refractivity contribution >= 4 is 29.5 Å². The normalized spacial score (nSPS) is 11.2. The zero-order valence-electron chi connectivity index (χ0n) is 12.5. The molecule has 0 unspecified atom stereocenters. The Morgan fingerprint density at radius 3 is 2.74 bits per heavy atom. The van der Waals surface area contributed by atoms with E-state index in [1.54, 1.807) is 6.20 Å². The summed E-state index contributed by atoms with van der Waals surface area (Å²) in [6, 6.07) is 11.4. The molecule has 3 aromatic rings. The molecule has 23 heavy (non-hydrogen) atoms. The quantitative estimate of drug-likeness (QED) is 0.772. The van der Waals surface area contributed by atoms with Crippen LogP contribution in [0.25, 0.3) is 22.6 Å². The van der Waals surface area contributed by atoms with Crippen molar-refractivity contribution in [3.05, 3.63) is 59.0 Å². The Balaban J connectivity index is 1.97. The fraction of sp³-hybridized carbons (Fsp3) is 0.118. The molecular formula is C17H15N3O2S. The molecule has 0 radical (unpaired) electrons. The minimum absolute atomic E-state index is 0.0878. The summed E-state index contributed by atoms with van der Waals surface area (Å²) in [5.74, 6) is -1.02. The Morgan fingerprint density at radius 2 is 2.04 bits per heavy atom. The molecule has 0 spiro atoms. The van der Waals surface area contributed by atoms with Gasteiger partial charge in [-0.1, -0.05) is 30.3 Å². The SMILES string of the molecule is CCn1nccc1/C=C/c1nc(C(=O)O)c(-c2ccccc2)s1. The van der Waals surface area contributed by atoms with Crippen LogP contribution in [0.4, 0.5) is 0 Å². The summed E-state index contributed by atoms with van der Waals surface area (Å²) in [4.78, 5) is 16.4. The van der Waals surface area contributed by atoms with Crippen LogP contribution < -0.4 is 0 Å². The van der Waals surface area contributed by atoms with Crippen molar-refractivity contribution in [1.82, 2.24) is 14.8 Å². The van der Waals surface area contributed by atoms with Gasteiger partial charge in [-0.25, -0.2) is 9.78 Å². The molecule has 2 heterocycles. The lowest BCUT2D eigenvalue weighted by Crippen LogP contribution is -1.99. The summed E-state index contributed by atoms with van der Waals surface area (Å²) in [6.45, 7) is 2.80. The summed E-state index contributed by atoms with van der Waals surface area (Å²) in [7, 11) is 0. The van der Waals surface area contributed by atoms with Crippen LogP contribution in [0.5, 0.6) is 0 Å². The lowest BCUT2D eigenvalue weighted by Gasteiger charge is -1.97. The van der Waals surface area contributed by atoms with Crippen molar-refractivity contribution in [2.75, 3.05) is 0 Å². The van der Waals surface area contributed by atoms with E-state index in [1.807, 2.05) is 60.2 Å². The van der Waals surface area contributed by atoms with E-state index in [2.05, 4.69) is 10.1 Å². The number of nitrogens with zero attached hydrogens (tertiary/aromatic N) is 3. The fourth-order valence-electron chi connectivity index (χ4n) is 2.24. The van der Waals surface area contributed by atoms with Crippen molar-refractivity contribution in [2.24, 2.45) is 0 Å². The molecule has 0 saturated heterocycles. The molecule has 0 aliphatic carbocycles. The highest BCUT2D eigenvalue weighted by molar-refractivity contribution is 7.16. The van der Waals surface area contributed by atoms with Gasteiger partial charge in [0.1, 0.15) is 5.01 Å². The molecule has 0 aliphatic heterocycles. The van der Waals surface area contributed by atoms with Crippen LogP contribution in [-0.4, -0.2) is 25.8 Å². The molecule has 5 nitrogen and oxygen atoms in total. The van der Waals surface area contributed by atoms with E-state index in [0.29, 0.717) is 9.88 Å². The Labute approximate surface area is 137 Å². The van der Waals surface area contributed by atoms with Gasteiger partial charge in [-0.2, -0.15) is 5.10 Å². The van der Waals surface area contributed by atoms with E-state index >= 15 is 0 Å². The molecular weight excluding hydrogens is 310 g/mol. The standard InChI is InChI=1S/C17H15N3O2S/c1-2-20-13(10-11-18-20)8-9-14-19-15(17(21)22)16(23-14)12-6-4-3-5-7-12/h3-11H,2H2,1H3,(H,21,22)/b9-8+. The molecule has 2 aromatic heterocycles. The number of aryl methyl sites for hydroxylation is 1. The van der Waals surface area contributed by atoms with Gasteiger partial charge in [-0.05, 0) is 30.7 Å². The Bertz CT molecular complexity index is 850. The Morgan fingerprint density at radius 1 is 1.26 bits per heavy atom. The highest BCUT2D eigenvalue weighted by Crippen LogP contribution is 2.31. The van der Waals surface area contributed by atoms with Gasteiger partial charge in [0.15, 0.2) is 5.69 Å². The highest BCUT2D eigenvalue weighted by Gasteiger charge is 2.17. The minimum atomic E-state index is -1.02. The number of aromatic nitrogens is 3. The van der Waals surface area contributed by atoms with Gasteiger partial charge in [0, 0.05) is 12.7 Å². The number of aromatic carboxylic acids is 1. The smallest absolute Gasteiger partial charge is 0.356 e. The third kappa shape index (κ3) is 3.22. The van der Waals surface area contributed by atoms with E-state index in [9.17, 15) is 9.90 Å². The van der Waals surface area contributed by atoms with Crippen molar-refractivity contribution in [1.29, 1.82) is 0 Å². The van der Waals surface area contributed by atoms with Gasteiger partial charge >= 0.3 is 5.97 Å². The maximum absolute atomic E-state index is 11.4. The fourth-order valence-corrected chi connectivity index (χ4v) is 3.21. The van der Waals surface area contributed by atoms with Crippen molar-refractivity contribution < 1.29 is 9.90 Å². The third-order valence-electron chi connectivity index (χ3n) is 3.33. The largest absolute Gasteiger partial charge is 0.476 e. The molecule has 0 atom stereocenters. The van der Waals surface area contributed by atoms with Gasteiger partial charge < -0.3 is 5.11 Å². The molecule has 0 fully saturated rings. The second kappa shape index (κ2) is 6.58. The van der Waals surface area contributed by atoms with Crippen LogP contribution in [0.1, 0.15) is 28.1 Å². The second-order valence-electron chi connectivity index (χ2n) is 4.81. The van der Waals surface area contributed by atoms with Crippen molar-refractivity contribution in [3.8, 4) is 10.4 Å². The Hall–Kier alpha value is -2.73. The third-order valence-corrected chi connectivity index (χ3v) is 4.40. The molecule has 116 valence electrons. The van der Waals surface area contributed by atoms with Gasteiger partial charge in [0.05, 0.1) is 10.6 Å². The summed E-state index contributed by atoms with van der Waals surface area (Å²) in [5.41, 5.74) is 1.91. The first kappa shape index (κ1) is 15.2. The van der Waals surface area contributed by atoms with Gasteiger partial charge in [-0.15, -0.1) is 11.3 Å². The van der Waals surface area contributed by atoms with Crippen molar-refractivity contribution in [3.63, 3.8) is 0 Å². The monoisotopic (exact) mass is 325 g/mol. The van der Waals surface area contributed by atoms with Gasteiger partial charge in [0.25, 0.3) is 0 Å². The average molecular weight is 325 g/mol. The maximum atomic E-state index is 11.4. The maximum Gasteiger partial charge on any atom is 0.356 e. The number of hydrogen-bond acceptors (Lipinski definition) is 4. The lowest BCUT2D eigenvalue weighted by atomic mass is 10.1. The van der Waals surface area contributed by atoms with Crippen LogP contribution in [0.2, 0.25) is 0 Å². The summed E-state index contributed by atoms with van der Waals surface area (Å²) < 4.78 is 1.86. The number of benzene rings is 1. The number of carbonyl (C=O) groups is 1. The van der Waals surface area contributed by atoms with E-state index in [4.69, 9.17) is 0 Å². The first-order chi connectivity index (χ1) is 11.2. The summed E-state index contributed by atoms with van der Waals surface area (Å²) in [6.07, 6.45) is 5.46. The van der Waals surface area contributed by atoms with Crippen LogP contribution in [0.3, 0.4) is 0 Å². The van der Waals surface area contributed by atoms with Crippen LogP contribution >= 0.6 is 11.3 Å². The lowest BCUT2D eigenvalue weighted by molar-refractivity contribution is 0.0692. The van der Waals surface area contributed by atoms with E-state index in [1.165, 1.54) is 11.3 Å². The first-order valence-electron chi connectivity index (χ1n) is 7.18. The molecule has 0 bridgehead atoms. The number of carboxylic acid groups (broad SMARTS) is 1.